The molecule has 0 aliphatic heterocycles. The summed E-state index contributed by atoms with van der Waals surface area (Å²) in [4.78, 5) is 23.4. The van der Waals surface area contributed by atoms with E-state index in [2.05, 4.69) is 23.2 Å². The van der Waals surface area contributed by atoms with Gasteiger partial charge in [0.05, 0.1) is 13.2 Å². The first-order valence-electron chi connectivity index (χ1n) is 11.2. The van der Waals surface area contributed by atoms with Crippen molar-refractivity contribution in [1.82, 2.24) is 4.57 Å². The molecule has 1 unspecified atom stereocenters. The number of methoxy groups -OCH3 is 1. The molecule has 0 saturated heterocycles. The molecule has 1 heterocycles. The van der Waals surface area contributed by atoms with Gasteiger partial charge in [-0.3, -0.25) is 9.59 Å². The number of Topliss-reactive ketones (excluding diaryl/α,β-unsaturated/α-hetero) is 1. The Morgan fingerprint density at radius 1 is 1.03 bits per heavy atom. The van der Waals surface area contributed by atoms with Crippen molar-refractivity contribution >= 4 is 17.8 Å². The highest BCUT2D eigenvalue weighted by atomic mass is 19.1. The third-order valence-corrected chi connectivity index (χ3v) is 5.68. The van der Waals surface area contributed by atoms with Crippen molar-refractivity contribution in [2.45, 2.75) is 45.8 Å². The molecule has 6 heteroatoms. The van der Waals surface area contributed by atoms with E-state index >= 15 is 0 Å². The van der Waals surface area contributed by atoms with Gasteiger partial charge >= 0.3 is 5.97 Å². The number of aliphatic hydroxyl groups excluding tert-OH is 1. The largest absolute Gasteiger partial charge is 0.469 e. The Morgan fingerprint density at radius 3 is 2.24 bits per heavy atom. The van der Waals surface area contributed by atoms with Gasteiger partial charge in [-0.2, -0.15) is 0 Å². The lowest BCUT2D eigenvalue weighted by Crippen LogP contribution is -2.15. The van der Waals surface area contributed by atoms with Crippen LogP contribution >= 0.6 is 0 Å². The third kappa shape index (κ3) is 5.69. The molecule has 1 aromatic heterocycles. The lowest BCUT2D eigenvalue weighted by Gasteiger charge is -2.15. The van der Waals surface area contributed by atoms with Crippen LogP contribution in [-0.4, -0.2) is 34.6 Å². The van der Waals surface area contributed by atoms with E-state index < -0.39 is 17.9 Å². The van der Waals surface area contributed by atoms with Crippen molar-refractivity contribution in [3.8, 4) is 22.3 Å². The summed E-state index contributed by atoms with van der Waals surface area (Å²) >= 11 is 0. The molecule has 0 aliphatic rings. The highest BCUT2D eigenvalue weighted by molar-refractivity contribution is 5.96. The van der Waals surface area contributed by atoms with Gasteiger partial charge in [-0.1, -0.05) is 48.5 Å². The lowest BCUT2D eigenvalue weighted by molar-refractivity contribution is -0.143. The number of halogens is 1. The van der Waals surface area contributed by atoms with Gasteiger partial charge in [0, 0.05) is 35.0 Å². The number of aromatic nitrogens is 1. The predicted molar refractivity (Wildman–Crippen MR) is 132 cm³/mol. The van der Waals surface area contributed by atoms with Crippen LogP contribution in [-0.2, 0) is 14.3 Å². The number of ketones is 1. The minimum absolute atomic E-state index is 0.106. The standard InChI is InChI=1S/C28H30FNO4/c1-18(2)30-19(3)27(20-8-6-5-7-9-20)28(21-10-12-22(29)13-11-21)25(30)15-14-23(31)16-24(32)17-26(33)34-4/h5-15,18,23,31H,16-17H2,1-4H3/b15-14+. The van der Waals surface area contributed by atoms with Crippen LogP contribution in [0.3, 0.4) is 0 Å². The molecule has 34 heavy (non-hydrogen) atoms. The highest BCUT2D eigenvalue weighted by Crippen LogP contribution is 2.42. The summed E-state index contributed by atoms with van der Waals surface area (Å²) in [7, 11) is 1.22. The molecule has 0 amide bonds. The second-order valence-electron chi connectivity index (χ2n) is 8.48. The summed E-state index contributed by atoms with van der Waals surface area (Å²) in [5, 5.41) is 10.5. The van der Waals surface area contributed by atoms with Gasteiger partial charge < -0.3 is 14.4 Å². The van der Waals surface area contributed by atoms with Crippen LogP contribution in [0.1, 0.15) is 44.1 Å². The number of ether oxygens (including phenoxy) is 1. The summed E-state index contributed by atoms with van der Waals surface area (Å²) in [6.45, 7) is 6.19. The van der Waals surface area contributed by atoms with Crippen LogP contribution in [0.2, 0.25) is 0 Å². The van der Waals surface area contributed by atoms with Crippen molar-refractivity contribution in [3.63, 3.8) is 0 Å². The van der Waals surface area contributed by atoms with Crippen LogP contribution in [0.5, 0.6) is 0 Å². The minimum Gasteiger partial charge on any atom is -0.469 e. The average Bonchev–Trinajstić information content (AvgIpc) is 3.10. The molecule has 3 rings (SSSR count). The smallest absolute Gasteiger partial charge is 0.313 e. The van der Waals surface area contributed by atoms with Crippen LogP contribution in [0.4, 0.5) is 4.39 Å². The van der Waals surface area contributed by atoms with E-state index in [1.807, 2.05) is 37.3 Å². The summed E-state index contributed by atoms with van der Waals surface area (Å²) in [5.41, 5.74) is 5.70. The molecule has 178 valence electrons. The Kier molecular flexibility index (Phi) is 8.18. The van der Waals surface area contributed by atoms with Gasteiger partial charge in [-0.15, -0.1) is 0 Å². The van der Waals surface area contributed by atoms with E-state index in [4.69, 9.17) is 0 Å². The fourth-order valence-corrected chi connectivity index (χ4v) is 4.24. The van der Waals surface area contributed by atoms with E-state index in [1.54, 1.807) is 24.3 Å². The number of esters is 1. The Bertz CT molecular complexity index is 1180. The highest BCUT2D eigenvalue weighted by Gasteiger charge is 2.23. The zero-order chi connectivity index (χ0) is 24.8. The molecule has 0 aliphatic carbocycles. The van der Waals surface area contributed by atoms with Gasteiger partial charge in [0.1, 0.15) is 18.0 Å². The summed E-state index contributed by atoms with van der Waals surface area (Å²) < 4.78 is 20.4. The van der Waals surface area contributed by atoms with Crippen molar-refractivity contribution in [1.29, 1.82) is 0 Å². The average molecular weight is 464 g/mol. The van der Waals surface area contributed by atoms with Crippen molar-refractivity contribution < 1.29 is 23.8 Å². The van der Waals surface area contributed by atoms with Gasteiger partial charge in [-0.05, 0) is 50.1 Å². The van der Waals surface area contributed by atoms with E-state index in [1.165, 1.54) is 19.2 Å². The molecule has 3 aromatic rings. The molecule has 0 bridgehead atoms. The zero-order valence-corrected chi connectivity index (χ0v) is 19.9. The van der Waals surface area contributed by atoms with E-state index in [9.17, 15) is 19.1 Å². The molecular formula is C28H30FNO4. The van der Waals surface area contributed by atoms with Gasteiger partial charge in [0.2, 0.25) is 0 Å². The number of rotatable bonds is 9. The molecular weight excluding hydrogens is 433 g/mol. The molecule has 0 fully saturated rings. The predicted octanol–water partition coefficient (Wildman–Crippen LogP) is 5.75. The second kappa shape index (κ2) is 11.1. The zero-order valence-electron chi connectivity index (χ0n) is 19.9. The first-order chi connectivity index (χ1) is 16.2. The number of aliphatic hydroxyl groups is 1. The summed E-state index contributed by atoms with van der Waals surface area (Å²) in [6, 6.07) is 16.4. The maximum atomic E-state index is 13.7. The number of nitrogens with zero attached hydrogens (tertiary/aromatic N) is 1. The van der Waals surface area contributed by atoms with Crippen molar-refractivity contribution in [2.75, 3.05) is 7.11 Å². The van der Waals surface area contributed by atoms with Gasteiger partial charge in [-0.25, -0.2) is 4.39 Å². The monoisotopic (exact) mass is 463 g/mol. The number of hydrogen-bond donors (Lipinski definition) is 1. The molecule has 1 atom stereocenters. The Labute approximate surface area is 199 Å². The molecule has 2 aromatic carbocycles. The maximum Gasteiger partial charge on any atom is 0.313 e. The van der Waals surface area contributed by atoms with E-state index in [0.29, 0.717) is 0 Å². The minimum atomic E-state index is -1.06. The van der Waals surface area contributed by atoms with Gasteiger partial charge in [0.25, 0.3) is 0 Å². The van der Waals surface area contributed by atoms with E-state index in [-0.39, 0.29) is 24.7 Å². The molecule has 0 saturated carbocycles. The molecule has 5 nitrogen and oxygen atoms in total. The molecule has 0 radical (unpaired) electrons. The quantitative estimate of drug-likeness (QED) is 0.324. The third-order valence-electron chi connectivity index (χ3n) is 5.68. The van der Waals surface area contributed by atoms with Crippen molar-refractivity contribution in [2.24, 2.45) is 0 Å². The summed E-state index contributed by atoms with van der Waals surface area (Å²) in [6.07, 6.45) is 1.74. The lowest BCUT2D eigenvalue weighted by atomic mass is 9.94. The normalized spacial score (nSPS) is 12.3. The SMILES string of the molecule is COC(=O)CC(=O)CC(O)/C=C/c1c(-c2ccc(F)cc2)c(-c2ccccc2)c(C)n1C(C)C. The molecule has 1 N–H and O–H groups in total. The van der Waals surface area contributed by atoms with Crippen LogP contribution in [0.25, 0.3) is 28.3 Å². The number of benzene rings is 2. The molecule has 0 spiro atoms. The number of carbonyl (C=O) groups excluding carboxylic acids is 2. The summed E-state index contributed by atoms with van der Waals surface area (Å²) in [5.74, 6) is -1.35. The Balaban J connectivity index is 2.11. The number of hydrogen-bond acceptors (Lipinski definition) is 4. The Hall–Kier alpha value is -3.51. The number of carbonyl (C=O) groups is 2. The second-order valence-corrected chi connectivity index (χ2v) is 8.48. The maximum absolute atomic E-state index is 13.7. The van der Waals surface area contributed by atoms with Crippen LogP contribution < -0.4 is 0 Å². The first-order valence-corrected chi connectivity index (χ1v) is 11.2. The topological polar surface area (TPSA) is 68.5 Å². The van der Waals surface area contributed by atoms with Crippen LogP contribution in [0.15, 0.2) is 60.7 Å². The first kappa shape index (κ1) is 25.1. The van der Waals surface area contributed by atoms with Gasteiger partial charge in [0.15, 0.2) is 0 Å². The van der Waals surface area contributed by atoms with E-state index in [0.717, 1.165) is 33.6 Å². The van der Waals surface area contributed by atoms with Crippen LogP contribution in [0, 0.1) is 12.7 Å². The Morgan fingerprint density at radius 2 is 1.65 bits per heavy atom. The van der Waals surface area contributed by atoms with Crippen molar-refractivity contribution in [3.05, 3.63) is 77.9 Å². The fourth-order valence-electron chi connectivity index (χ4n) is 4.24. The fraction of sp³-hybridized carbons (Fsp3) is 0.286.